The zero-order chi connectivity index (χ0) is 15.1. The van der Waals surface area contributed by atoms with Crippen molar-refractivity contribution in [1.29, 1.82) is 0 Å². The Morgan fingerprint density at radius 3 is 2.50 bits per heavy atom. The number of hydrogen-bond donors (Lipinski definition) is 1. The summed E-state index contributed by atoms with van der Waals surface area (Å²) < 4.78 is 5.54. The molecular formula is C16H24N2O2. The lowest BCUT2D eigenvalue weighted by atomic mass is 9.80. The fourth-order valence-corrected chi connectivity index (χ4v) is 2.84. The topological polar surface area (TPSA) is 55.6 Å². The highest BCUT2D eigenvalue weighted by atomic mass is 16.6. The van der Waals surface area contributed by atoms with Gasteiger partial charge in [-0.1, -0.05) is 32.0 Å². The van der Waals surface area contributed by atoms with Gasteiger partial charge in [0.2, 0.25) is 0 Å². The molecule has 0 aliphatic carbocycles. The molecule has 2 rings (SSSR count). The first-order valence-corrected chi connectivity index (χ1v) is 7.00. The van der Waals surface area contributed by atoms with Gasteiger partial charge in [-0.05, 0) is 32.4 Å². The average Bonchev–Trinajstić information content (AvgIpc) is 2.55. The molecule has 4 heteroatoms. The van der Waals surface area contributed by atoms with Crippen molar-refractivity contribution in [3.8, 4) is 0 Å². The Balaban J connectivity index is 2.44. The molecule has 0 fully saturated rings. The van der Waals surface area contributed by atoms with E-state index in [0.29, 0.717) is 6.54 Å². The van der Waals surface area contributed by atoms with Crippen LogP contribution < -0.4 is 10.6 Å². The second kappa shape index (κ2) is 4.77. The first-order valence-electron chi connectivity index (χ1n) is 7.00. The molecule has 20 heavy (non-hydrogen) atoms. The minimum Gasteiger partial charge on any atom is -0.443 e. The van der Waals surface area contributed by atoms with Crippen molar-refractivity contribution >= 4 is 11.8 Å². The summed E-state index contributed by atoms with van der Waals surface area (Å²) in [4.78, 5) is 14.2. The quantitative estimate of drug-likeness (QED) is 0.857. The molecule has 110 valence electrons. The van der Waals surface area contributed by atoms with Gasteiger partial charge >= 0.3 is 6.09 Å². The van der Waals surface area contributed by atoms with Gasteiger partial charge in [0.05, 0.1) is 11.7 Å². The molecule has 0 bridgehead atoms. The maximum absolute atomic E-state index is 12.5. The Hall–Kier alpha value is -1.55. The maximum Gasteiger partial charge on any atom is 0.415 e. The van der Waals surface area contributed by atoms with E-state index < -0.39 is 5.60 Å². The smallest absolute Gasteiger partial charge is 0.415 e. The Morgan fingerprint density at radius 2 is 1.95 bits per heavy atom. The van der Waals surface area contributed by atoms with E-state index in [4.69, 9.17) is 10.5 Å². The molecule has 0 saturated heterocycles. The molecule has 0 saturated carbocycles. The van der Waals surface area contributed by atoms with Crippen LogP contribution >= 0.6 is 0 Å². The fraction of sp³-hybridized carbons (Fsp3) is 0.562. The lowest BCUT2D eigenvalue weighted by Crippen LogP contribution is -2.50. The lowest BCUT2D eigenvalue weighted by Gasteiger charge is -2.33. The van der Waals surface area contributed by atoms with Gasteiger partial charge in [-0.3, -0.25) is 4.90 Å². The average molecular weight is 276 g/mol. The number of para-hydroxylation sites is 1. The highest BCUT2D eigenvalue weighted by Crippen LogP contribution is 2.45. The summed E-state index contributed by atoms with van der Waals surface area (Å²) in [6.07, 6.45) is -0.328. The number of amides is 1. The number of rotatable bonds is 1. The minimum absolute atomic E-state index is 0.0882. The van der Waals surface area contributed by atoms with Crippen LogP contribution in [0, 0.1) is 0 Å². The van der Waals surface area contributed by atoms with Crippen LogP contribution in [0.3, 0.4) is 0 Å². The van der Waals surface area contributed by atoms with E-state index in [1.807, 2.05) is 39.0 Å². The van der Waals surface area contributed by atoms with Crippen LogP contribution in [0.25, 0.3) is 0 Å². The molecule has 1 aliphatic heterocycles. The Morgan fingerprint density at radius 1 is 1.35 bits per heavy atom. The summed E-state index contributed by atoms with van der Waals surface area (Å²) in [5.41, 5.74) is 7.28. The molecule has 2 N–H and O–H groups in total. The largest absolute Gasteiger partial charge is 0.443 e. The van der Waals surface area contributed by atoms with E-state index >= 15 is 0 Å². The summed E-state index contributed by atoms with van der Waals surface area (Å²) in [5.74, 6) is 0. The maximum atomic E-state index is 12.5. The van der Waals surface area contributed by atoms with E-state index in [1.54, 1.807) is 4.90 Å². The summed E-state index contributed by atoms with van der Waals surface area (Å²) >= 11 is 0. The van der Waals surface area contributed by atoms with Crippen molar-refractivity contribution in [2.24, 2.45) is 5.73 Å². The molecule has 1 aliphatic rings. The van der Waals surface area contributed by atoms with E-state index in [1.165, 1.54) is 0 Å². The van der Waals surface area contributed by atoms with Crippen molar-refractivity contribution in [2.75, 3.05) is 11.4 Å². The molecule has 1 aromatic rings. The third-order valence-corrected chi connectivity index (χ3v) is 3.82. The van der Waals surface area contributed by atoms with Crippen molar-refractivity contribution in [3.05, 3.63) is 29.8 Å². The van der Waals surface area contributed by atoms with Gasteiger partial charge in [0.1, 0.15) is 5.60 Å². The Bertz CT molecular complexity index is 517. The van der Waals surface area contributed by atoms with Gasteiger partial charge in [-0.25, -0.2) is 4.79 Å². The van der Waals surface area contributed by atoms with E-state index in [0.717, 1.165) is 11.3 Å². The minimum atomic E-state index is -0.516. The van der Waals surface area contributed by atoms with Crippen molar-refractivity contribution in [3.63, 3.8) is 0 Å². The highest BCUT2D eigenvalue weighted by molar-refractivity contribution is 5.92. The number of carbonyl (C=O) groups is 1. The van der Waals surface area contributed by atoms with Crippen LogP contribution in [-0.4, -0.2) is 24.3 Å². The number of anilines is 1. The molecule has 1 atom stereocenters. The van der Waals surface area contributed by atoms with Crippen molar-refractivity contribution in [2.45, 2.75) is 51.7 Å². The van der Waals surface area contributed by atoms with Gasteiger partial charge in [-0.2, -0.15) is 0 Å². The van der Waals surface area contributed by atoms with Crippen LogP contribution in [0.15, 0.2) is 24.3 Å². The van der Waals surface area contributed by atoms with Gasteiger partial charge in [0.15, 0.2) is 0 Å². The molecular weight excluding hydrogens is 252 g/mol. The third-order valence-electron chi connectivity index (χ3n) is 3.82. The first-order chi connectivity index (χ1) is 9.18. The number of ether oxygens (including phenoxy) is 1. The first kappa shape index (κ1) is 14.9. The van der Waals surface area contributed by atoms with Gasteiger partial charge < -0.3 is 10.5 Å². The third kappa shape index (κ3) is 2.40. The summed E-state index contributed by atoms with van der Waals surface area (Å²) in [6.45, 7) is 10.3. The van der Waals surface area contributed by atoms with E-state index in [2.05, 4.69) is 19.9 Å². The summed E-state index contributed by atoms with van der Waals surface area (Å²) in [5, 5.41) is 0. The van der Waals surface area contributed by atoms with Crippen LogP contribution in [0.2, 0.25) is 0 Å². The van der Waals surface area contributed by atoms with Crippen LogP contribution in [0.4, 0.5) is 10.5 Å². The van der Waals surface area contributed by atoms with Gasteiger partial charge in [-0.15, -0.1) is 0 Å². The molecule has 1 heterocycles. The number of hydrogen-bond acceptors (Lipinski definition) is 3. The molecule has 1 amide bonds. The Kier molecular flexibility index (Phi) is 3.54. The predicted molar refractivity (Wildman–Crippen MR) is 81.0 cm³/mol. The predicted octanol–water partition coefficient (Wildman–Crippen LogP) is 3.05. The highest BCUT2D eigenvalue weighted by Gasteiger charge is 2.47. The second-order valence-corrected chi connectivity index (χ2v) is 6.84. The normalized spacial score (nSPS) is 20.7. The number of nitrogens with two attached hydrogens (primary N) is 1. The number of carbonyl (C=O) groups excluding carboxylic acids is 1. The molecule has 0 aromatic heterocycles. The fourth-order valence-electron chi connectivity index (χ4n) is 2.84. The van der Waals surface area contributed by atoms with Crippen molar-refractivity contribution in [1.82, 2.24) is 0 Å². The number of fused-ring (bicyclic) bond motifs is 1. The van der Waals surface area contributed by atoms with E-state index in [9.17, 15) is 4.79 Å². The molecule has 0 spiro atoms. The zero-order valence-electron chi connectivity index (χ0n) is 12.9. The van der Waals surface area contributed by atoms with E-state index in [-0.39, 0.29) is 17.6 Å². The van der Waals surface area contributed by atoms with Crippen molar-refractivity contribution < 1.29 is 9.53 Å². The molecule has 4 nitrogen and oxygen atoms in total. The summed E-state index contributed by atoms with van der Waals surface area (Å²) in [6, 6.07) is 7.85. The second-order valence-electron chi connectivity index (χ2n) is 6.84. The Labute approximate surface area is 120 Å². The monoisotopic (exact) mass is 276 g/mol. The number of nitrogens with zero attached hydrogens (tertiary/aromatic N) is 1. The van der Waals surface area contributed by atoms with Crippen LogP contribution in [0.5, 0.6) is 0 Å². The van der Waals surface area contributed by atoms with Gasteiger partial charge in [0, 0.05) is 12.0 Å². The van der Waals surface area contributed by atoms with Crippen LogP contribution in [0.1, 0.15) is 40.2 Å². The molecule has 1 unspecified atom stereocenters. The SMILES string of the molecule is CC(C)(C)OC(=O)N1c2ccccc2C(C)(C)C1CN. The molecule has 1 aromatic carbocycles. The lowest BCUT2D eigenvalue weighted by molar-refractivity contribution is 0.0561. The number of benzene rings is 1. The standard InChI is InChI=1S/C16H24N2O2/c1-15(2,3)20-14(19)18-12-9-7-6-8-11(12)16(4,5)13(18)10-17/h6-9,13H,10,17H2,1-5H3. The van der Waals surface area contributed by atoms with Gasteiger partial charge in [0.25, 0.3) is 0 Å². The molecule has 0 radical (unpaired) electrons. The zero-order valence-corrected chi connectivity index (χ0v) is 12.9. The van der Waals surface area contributed by atoms with Crippen LogP contribution in [-0.2, 0) is 10.2 Å². The summed E-state index contributed by atoms with van der Waals surface area (Å²) in [7, 11) is 0.